The van der Waals surface area contributed by atoms with Crippen LogP contribution in [0.5, 0.6) is 0 Å². The number of nitrogens with one attached hydrogen (secondary N) is 1. The number of thioether (sulfide) groups is 1. The van der Waals surface area contributed by atoms with Crippen molar-refractivity contribution in [1.29, 1.82) is 5.26 Å². The topological polar surface area (TPSA) is 52.9 Å². The maximum Gasteiger partial charge on any atom is 0.221 e. The van der Waals surface area contributed by atoms with Crippen molar-refractivity contribution in [2.24, 2.45) is 0 Å². The summed E-state index contributed by atoms with van der Waals surface area (Å²) in [7, 11) is 0. The summed E-state index contributed by atoms with van der Waals surface area (Å²) in [6, 6.07) is 15.7. The number of carbonyl (C=O) groups excluding carboxylic acids is 1. The molecule has 0 saturated heterocycles. The summed E-state index contributed by atoms with van der Waals surface area (Å²) < 4.78 is 0. The maximum atomic E-state index is 12.1. The normalized spacial score (nSPS) is 11.6. The van der Waals surface area contributed by atoms with Crippen LogP contribution in [0.2, 0.25) is 0 Å². The third-order valence-electron chi connectivity index (χ3n) is 4.07. The molecule has 0 radical (unpaired) electrons. The van der Waals surface area contributed by atoms with E-state index in [1.165, 1.54) is 16.7 Å². The minimum atomic E-state index is 0.0114. The van der Waals surface area contributed by atoms with Gasteiger partial charge in [0.25, 0.3) is 0 Å². The van der Waals surface area contributed by atoms with Crippen molar-refractivity contribution in [3.05, 3.63) is 64.7 Å². The third kappa shape index (κ3) is 4.87. The number of hydrogen-bond donors (Lipinski definition) is 1. The van der Waals surface area contributed by atoms with Crippen LogP contribution in [0.1, 0.15) is 41.6 Å². The molecule has 0 aliphatic carbocycles. The zero-order valence-electron chi connectivity index (χ0n) is 14.3. The molecule has 1 amide bonds. The Labute approximate surface area is 148 Å². The van der Waals surface area contributed by atoms with E-state index in [0.29, 0.717) is 12.0 Å². The van der Waals surface area contributed by atoms with E-state index in [9.17, 15) is 4.79 Å². The summed E-state index contributed by atoms with van der Waals surface area (Å²) in [5.41, 5.74) is 4.30. The molecule has 3 nitrogen and oxygen atoms in total. The minimum absolute atomic E-state index is 0.0114. The van der Waals surface area contributed by atoms with Crippen LogP contribution in [0.15, 0.2) is 47.4 Å². The fourth-order valence-corrected chi connectivity index (χ4v) is 3.37. The molecule has 1 unspecified atom stereocenters. The zero-order valence-corrected chi connectivity index (χ0v) is 15.1. The lowest BCUT2D eigenvalue weighted by Crippen LogP contribution is -2.27. The van der Waals surface area contributed by atoms with E-state index in [-0.39, 0.29) is 11.9 Å². The highest BCUT2D eigenvalue weighted by atomic mass is 32.2. The van der Waals surface area contributed by atoms with Crippen LogP contribution in [-0.2, 0) is 4.79 Å². The Kier molecular flexibility index (Phi) is 6.45. The van der Waals surface area contributed by atoms with Crippen LogP contribution in [0.3, 0.4) is 0 Å². The number of hydrogen-bond acceptors (Lipinski definition) is 3. The molecule has 2 aromatic rings. The second kappa shape index (κ2) is 8.56. The van der Waals surface area contributed by atoms with Crippen LogP contribution in [-0.4, -0.2) is 11.7 Å². The summed E-state index contributed by atoms with van der Waals surface area (Å²) in [5, 5.41) is 11.9. The average molecular weight is 338 g/mol. The van der Waals surface area contributed by atoms with E-state index in [1.54, 1.807) is 23.9 Å². The number of nitriles is 1. The molecule has 4 heteroatoms. The van der Waals surface area contributed by atoms with E-state index in [4.69, 9.17) is 5.26 Å². The molecule has 0 aromatic heterocycles. The van der Waals surface area contributed by atoms with E-state index in [1.807, 2.05) is 25.1 Å². The third-order valence-corrected chi connectivity index (χ3v) is 5.09. The van der Waals surface area contributed by atoms with Gasteiger partial charge in [-0.25, -0.2) is 0 Å². The lowest BCUT2D eigenvalue weighted by Gasteiger charge is -2.18. The van der Waals surface area contributed by atoms with Crippen LogP contribution in [0.4, 0.5) is 0 Å². The van der Waals surface area contributed by atoms with Crippen molar-refractivity contribution in [2.75, 3.05) is 5.75 Å². The first-order valence-electron chi connectivity index (χ1n) is 7.99. The van der Waals surface area contributed by atoms with Gasteiger partial charge < -0.3 is 5.32 Å². The van der Waals surface area contributed by atoms with Crippen molar-refractivity contribution in [1.82, 2.24) is 5.32 Å². The van der Waals surface area contributed by atoms with Gasteiger partial charge in [0.15, 0.2) is 0 Å². The van der Waals surface area contributed by atoms with Gasteiger partial charge >= 0.3 is 0 Å². The molecule has 2 rings (SSSR count). The Hall–Kier alpha value is -2.25. The van der Waals surface area contributed by atoms with Crippen molar-refractivity contribution in [3.8, 4) is 6.07 Å². The van der Waals surface area contributed by atoms with E-state index in [0.717, 1.165) is 10.6 Å². The highest BCUT2D eigenvalue weighted by molar-refractivity contribution is 7.99. The summed E-state index contributed by atoms with van der Waals surface area (Å²) in [4.78, 5) is 13.2. The van der Waals surface area contributed by atoms with Gasteiger partial charge in [0, 0.05) is 17.1 Å². The molecule has 1 atom stereocenters. The first kappa shape index (κ1) is 18.1. The molecule has 2 aromatic carbocycles. The largest absolute Gasteiger partial charge is 0.350 e. The molecular weight excluding hydrogens is 316 g/mol. The first-order valence-corrected chi connectivity index (χ1v) is 8.98. The zero-order chi connectivity index (χ0) is 17.5. The van der Waals surface area contributed by atoms with Crippen LogP contribution < -0.4 is 5.32 Å². The summed E-state index contributed by atoms with van der Waals surface area (Å²) in [6.45, 7) is 6.20. The second-order valence-electron chi connectivity index (χ2n) is 5.81. The molecule has 0 spiro atoms. The van der Waals surface area contributed by atoms with Gasteiger partial charge in [0.2, 0.25) is 5.91 Å². The molecule has 0 bridgehead atoms. The lowest BCUT2D eigenvalue weighted by molar-refractivity contribution is -0.121. The van der Waals surface area contributed by atoms with E-state index >= 15 is 0 Å². The monoisotopic (exact) mass is 338 g/mol. The predicted molar refractivity (Wildman–Crippen MR) is 99.0 cm³/mol. The van der Waals surface area contributed by atoms with Crippen LogP contribution in [0.25, 0.3) is 0 Å². The molecule has 0 aliphatic rings. The van der Waals surface area contributed by atoms with Gasteiger partial charge in [-0.2, -0.15) is 5.26 Å². The maximum absolute atomic E-state index is 12.1. The van der Waals surface area contributed by atoms with E-state index in [2.05, 4.69) is 37.4 Å². The summed E-state index contributed by atoms with van der Waals surface area (Å²) in [5.74, 6) is 0.779. The van der Waals surface area contributed by atoms with Crippen molar-refractivity contribution in [3.63, 3.8) is 0 Å². The Balaban J connectivity index is 1.82. The molecule has 0 heterocycles. The number of nitrogens with zero attached hydrogens (tertiary/aromatic N) is 1. The van der Waals surface area contributed by atoms with Gasteiger partial charge in [0.1, 0.15) is 0 Å². The molecular formula is C20H22N2OS. The minimum Gasteiger partial charge on any atom is -0.350 e. The Morgan fingerprint density at radius 2 is 1.92 bits per heavy atom. The SMILES string of the molecule is Cc1cccc(C(C)NC(=O)CCSc2ccc(C#N)cc2)c1C. The number of rotatable bonds is 6. The quantitative estimate of drug-likeness (QED) is 0.787. The van der Waals surface area contributed by atoms with Gasteiger partial charge in [-0.05, 0) is 61.7 Å². The fraction of sp³-hybridized carbons (Fsp3) is 0.300. The lowest BCUT2D eigenvalue weighted by atomic mass is 9.98. The Morgan fingerprint density at radius 3 is 2.58 bits per heavy atom. The predicted octanol–water partition coefficient (Wildman–Crippen LogP) is 4.53. The highest BCUT2D eigenvalue weighted by Gasteiger charge is 2.12. The summed E-state index contributed by atoms with van der Waals surface area (Å²) >= 11 is 1.63. The molecule has 1 N–H and O–H groups in total. The molecule has 24 heavy (non-hydrogen) atoms. The number of aryl methyl sites for hydroxylation is 1. The smallest absolute Gasteiger partial charge is 0.221 e. The van der Waals surface area contributed by atoms with E-state index < -0.39 is 0 Å². The van der Waals surface area contributed by atoms with Gasteiger partial charge in [-0.3, -0.25) is 4.79 Å². The van der Waals surface area contributed by atoms with Crippen molar-refractivity contribution >= 4 is 17.7 Å². The van der Waals surface area contributed by atoms with Crippen LogP contribution in [0, 0.1) is 25.2 Å². The Morgan fingerprint density at radius 1 is 1.21 bits per heavy atom. The average Bonchev–Trinajstić information content (AvgIpc) is 2.57. The standard InChI is InChI=1S/C20H22N2OS/c1-14-5-4-6-19(15(14)2)16(3)22-20(23)11-12-24-18-9-7-17(13-21)8-10-18/h4-10,16H,11-12H2,1-3H3,(H,22,23). The second-order valence-corrected chi connectivity index (χ2v) is 6.98. The van der Waals surface area contributed by atoms with Crippen molar-refractivity contribution in [2.45, 2.75) is 38.1 Å². The van der Waals surface area contributed by atoms with Gasteiger partial charge in [-0.15, -0.1) is 11.8 Å². The number of benzene rings is 2. The molecule has 124 valence electrons. The number of amides is 1. The highest BCUT2D eigenvalue weighted by Crippen LogP contribution is 2.21. The first-order chi connectivity index (χ1) is 11.5. The Bertz CT molecular complexity index is 747. The van der Waals surface area contributed by atoms with Crippen LogP contribution >= 0.6 is 11.8 Å². The fourth-order valence-electron chi connectivity index (χ4n) is 2.52. The molecule has 0 fully saturated rings. The molecule has 0 saturated carbocycles. The van der Waals surface area contributed by atoms with Gasteiger partial charge in [0.05, 0.1) is 17.7 Å². The number of carbonyl (C=O) groups is 1. The summed E-state index contributed by atoms with van der Waals surface area (Å²) in [6.07, 6.45) is 0.472. The van der Waals surface area contributed by atoms with Crippen molar-refractivity contribution < 1.29 is 4.79 Å². The van der Waals surface area contributed by atoms with Gasteiger partial charge in [-0.1, -0.05) is 18.2 Å². The molecule has 0 aliphatic heterocycles.